The van der Waals surface area contributed by atoms with Crippen LogP contribution in [0.5, 0.6) is 0 Å². The van der Waals surface area contributed by atoms with Gasteiger partial charge in [0.15, 0.2) is 5.82 Å². The molecule has 2 aromatic heterocycles. The zero-order valence-corrected chi connectivity index (χ0v) is 11.6. The molecule has 2 N–H and O–H groups in total. The van der Waals surface area contributed by atoms with Crippen LogP contribution in [0.3, 0.4) is 0 Å². The second-order valence-corrected chi connectivity index (χ2v) is 5.46. The number of nitrogens with zero attached hydrogens (tertiary/aromatic N) is 2. The molecule has 0 bridgehead atoms. The van der Waals surface area contributed by atoms with E-state index in [1.165, 1.54) is 5.56 Å². The Balaban J connectivity index is 0.00000120. The molecule has 0 aromatic carbocycles. The molecule has 0 aliphatic heterocycles. The van der Waals surface area contributed by atoms with Crippen LogP contribution in [0.2, 0.25) is 0 Å². The molecule has 1 aliphatic rings. The molecule has 0 spiro atoms. The second kappa shape index (κ2) is 5.38. The molecule has 6 heteroatoms. The van der Waals surface area contributed by atoms with Crippen LogP contribution in [0.15, 0.2) is 21.3 Å². The lowest BCUT2D eigenvalue weighted by Crippen LogP contribution is -2.34. The Hall–Kier alpha value is -0.910. The van der Waals surface area contributed by atoms with Gasteiger partial charge in [0.05, 0.1) is 12.0 Å². The molecule has 0 saturated heterocycles. The van der Waals surface area contributed by atoms with Crippen molar-refractivity contribution < 1.29 is 4.52 Å². The molecule has 1 saturated carbocycles. The van der Waals surface area contributed by atoms with E-state index in [0.29, 0.717) is 18.1 Å². The number of hydrogen-bond acceptors (Lipinski definition) is 5. The van der Waals surface area contributed by atoms with Gasteiger partial charge in [-0.05, 0) is 35.2 Å². The Labute approximate surface area is 116 Å². The summed E-state index contributed by atoms with van der Waals surface area (Å²) in [6.07, 6.45) is 4.94. The molecular weight excluding hydrogens is 270 g/mol. The zero-order valence-electron chi connectivity index (χ0n) is 9.96. The normalized spacial score (nSPS) is 17.6. The molecule has 0 radical (unpaired) electrons. The van der Waals surface area contributed by atoms with E-state index in [-0.39, 0.29) is 17.9 Å². The van der Waals surface area contributed by atoms with E-state index in [2.05, 4.69) is 21.6 Å². The topological polar surface area (TPSA) is 64.9 Å². The first-order valence-electron chi connectivity index (χ1n) is 5.89. The van der Waals surface area contributed by atoms with E-state index < -0.39 is 0 Å². The number of halogens is 1. The lowest BCUT2D eigenvalue weighted by molar-refractivity contribution is 0.352. The number of aromatic nitrogens is 2. The highest BCUT2D eigenvalue weighted by atomic mass is 35.5. The minimum absolute atomic E-state index is 0. The third-order valence-electron chi connectivity index (χ3n) is 3.34. The van der Waals surface area contributed by atoms with Crippen molar-refractivity contribution in [2.24, 2.45) is 5.73 Å². The van der Waals surface area contributed by atoms with E-state index >= 15 is 0 Å². The second-order valence-electron chi connectivity index (χ2n) is 4.68. The quantitative estimate of drug-likeness (QED) is 0.942. The largest absolute Gasteiger partial charge is 0.339 e. The van der Waals surface area contributed by atoms with Crippen molar-refractivity contribution in [3.8, 4) is 0 Å². The van der Waals surface area contributed by atoms with Gasteiger partial charge < -0.3 is 10.3 Å². The molecule has 2 heterocycles. The number of nitrogens with two attached hydrogens (primary N) is 1. The van der Waals surface area contributed by atoms with Gasteiger partial charge in [-0.25, -0.2) is 0 Å². The summed E-state index contributed by atoms with van der Waals surface area (Å²) in [5, 5.41) is 8.19. The predicted molar refractivity (Wildman–Crippen MR) is 73.0 cm³/mol. The van der Waals surface area contributed by atoms with Crippen LogP contribution in [0.25, 0.3) is 0 Å². The standard InChI is InChI=1S/C12H15N3OS.ClH/c13-12(4-1-2-5-12)11-14-10(16-15-11)7-9-3-6-17-8-9;/h3,6,8H,1-2,4-5,7,13H2;1H. The molecule has 1 fully saturated rings. The monoisotopic (exact) mass is 285 g/mol. The molecule has 2 aromatic rings. The molecule has 0 amide bonds. The molecular formula is C12H16ClN3OS. The van der Waals surface area contributed by atoms with Gasteiger partial charge in [0.2, 0.25) is 5.89 Å². The highest BCUT2D eigenvalue weighted by molar-refractivity contribution is 7.07. The third-order valence-corrected chi connectivity index (χ3v) is 4.08. The van der Waals surface area contributed by atoms with E-state index in [0.717, 1.165) is 25.7 Å². The van der Waals surface area contributed by atoms with E-state index in [1.807, 2.05) is 5.38 Å². The van der Waals surface area contributed by atoms with Gasteiger partial charge in [0, 0.05) is 0 Å². The molecule has 1 aliphatic carbocycles. The lowest BCUT2D eigenvalue weighted by Gasteiger charge is -2.17. The number of rotatable bonds is 3. The highest BCUT2D eigenvalue weighted by Gasteiger charge is 2.35. The maximum atomic E-state index is 6.28. The summed E-state index contributed by atoms with van der Waals surface area (Å²) in [6.45, 7) is 0. The summed E-state index contributed by atoms with van der Waals surface area (Å²) in [7, 11) is 0. The zero-order chi connectivity index (χ0) is 11.7. The van der Waals surface area contributed by atoms with Gasteiger partial charge in [0.25, 0.3) is 0 Å². The SMILES string of the molecule is Cl.NC1(c2noc(Cc3ccsc3)n2)CCCC1. The first-order valence-corrected chi connectivity index (χ1v) is 6.84. The van der Waals surface area contributed by atoms with Gasteiger partial charge in [-0.1, -0.05) is 18.0 Å². The minimum atomic E-state index is -0.351. The van der Waals surface area contributed by atoms with Crippen LogP contribution < -0.4 is 5.73 Å². The molecule has 0 atom stereocenters. The smallest absolute Gasteiger partial charge is 0.231 e. The summed E-state index contributed by atoms with van der Waals surface area (Å²) in [6, 6.07) is 2.07. The van der Waals surface area contributed by atoms with Crippen molar-refractivity contribution in [2.45, 2.75) is 37.6 Å². The van der Waals surface area contributed by atoms with Gasteiger partial charge in [-0.3, -0.25) is 0 Å². The van der Waals surface area contributed by atoms with Crippen LogP contribution in [-0.2, 0) is 12.0 Å². The van der Waals surface area contributed by atoms with Crippen LogP contribution in [0.1, 0.15) is 43.0 Å². The number of thiophene rings is 1. The van der Waals surface area contributed by atoms with Gasteiger partial charge in [-0.2, -0.15) is 16.3 Å². The fraction of sp³-hybridized carbons (Fsp3) is 0.500. The maximum absolute atomic E-state index is 6.28. The minimum Gasteiger partial charge on any atom is -0.339 e. The predicted octanol–water partition coefficient (Wildman–Crippen LogP) is 2.87. The summed E-state index contributed by atoms with van der Waals surface area (Å²) >= 11 is 1.68. The molecule has 0 unspecified atom stereocenters. The van der Waals surface area contributed by atoms with Gasteiger partial charge >= 0.3 is 0 Å². The summed E-state index contributed by atoms with van der Waals surface area (Å²) in [4.78, 5) is 4.44. The Morgan fingerprint density at radius 2 is 2.17 bits per heavy atom. The highest BCUT2D eigenvalue weighted by Crippen LogP contribution is 2.34. The van der Waals surface area contributed by atoms with Gasteiger partial charge in [-0.15, -0.1) is 12.4 Å². The fourth-order valence-electron chi connectivity index (χ4n) is 2.33. The fourth-order valence-corrected chi connectivity index (χ4v) is 2.99. The van der Waals surface area contributed by atoms with Crippen molar-refractivity contribution >= 4 is 23.7 Å². The van der Waals surface area contributed by atoms with Gasteiger partial charge in [0.1, 0.15) is 0 Å². The van der Waals surface area contributed by atoms with Crippen molar-refractivity contribution in [2.75, 3.05) is 0 Å². The van der Waals surface area contributed by atoms with E-state index in [4.69, 9.17) is 10.3 Å². The maximum Gasteiger partial charge on any atom is 0.231 e. The first kappa shape index (κ1) is 13.5. The molecule has 3 rings (SSSR count). The first-order chi connectivity index (χ1) is 8.26. The van der Waals surface area contributed by atoms with Crippen molar-refractivity contribution in [1.29, 1.82) is 0 Å². The van der Waals surface area contributed by atoms with Crippen LogP contribution >= 0.6 is 23.7 Å². The molecule has 18 heavy (non-hydrogen) atoms. The molecule has 98 valence electrons. The van der Waals surface area contributed by atoms with E-state index in [1.54, 1.807) is 11.3 Å². The van der Waals surface area contributed by atoms with E-state index in [9.17, 15) is 0 Å². The summed E-state index contributed by atoms with van der Waals surface area (Å²) in [5.74, 6) is 1.34. The Kier molecular flexibility index (Phi) is 4.04. The Morgan fingerprint density at radius 3 is 2.83 bits per heavy atom. The Morgan fingerprint density at radius 1 is 1.39 bits per heavy atom. The average Bonchev–Trinajstić information content (AvgIpc) is 3.00. The number of hydrogen-bond donors (Lipinski definition) is 1. The summed E-state index contributed by atoms with van der Waals surface area (Å²) < 4.78 is 5.28. The molecule has 4 nitrogen and oxygen atoms in total. The lowest BCUT2D eigenvalue weighted by atomic mass is 9.99. The van der Waals surface area contributed by atoms with Crippen molar-refractivity contribution in [3.63, 3.8) is 0 Å². The van der Waals surface area contributed by atoms with Crippen LogP contribution in [0.4, 0.5) is 0 Å². The third kappa shape index (κ3) is 2.58. The average molecular weight is 286 g/mol. The summed E-state index contributed by atoms with van der Waals surface area (Å²) in [5.41, 5.74) is 7.14. The van der Waals surface area contributed by atoms with Crippen LogP contribution in [-0.4, -0.2) is 10.1 Å². The van der Waals surface area contributed by atoms with Crippen molar-refractivity contribution in [3.05, 3.63) is 34.1 Å². The Bertz CT molecular complexity index is 491. The van der Waals surface area contributed by atoms with Crippen LogP contribution in [0, 0.1) is 0 Å². The van der Waals surface area contributed by atoms with Crippen molar-refractivity contribution in [1.82, 2.24) is 10.1 Å².